The highest BCUT2D eigenvalue weighted by molar-refractivity contribution is 7.88. The van der Waals surface area contributed by atoms with Gasteiger partial charge in [0.25, 0.3) is 0 Å². The Labute approximate surface area is 210 Å². The van der Waals surface area contributed by atoms with Crippen LogP contribution in [0.2, 0.25) is 0 Å². The third-order valence-corrected chi connectivity index (χ3v) is 7.75. The van der Waals surface area contributed by atoms with Crippen LogP contribution in [0.3, 0.4) is 0 Å². The minimum atomic E-state index is -3.23. The summed E-state index contributed by atoms with van der Waals surface area (Å²) in [5.41, 5.74) is 3.17. The van der Waals surface area contributed by atoms with Crippen LogP contribution in [0.15, 0.2) is 48.5 Å². The molecule has 3 rings (SSSR count). The molecule has 8 heteroatoms. The van der Waals surface area contributed by atoms with Gasteiger partial charge < -0.3 is 9.64 Å². The molecule has 0 bridgehead atoms. The van der Waals surface area contributed by atoms with E-state index in [9.17, 15) is 13.2 Å². The number of nitrogens with zero attached hydrogens (tertiary/aromatic N) is 3. The van der Waals surface area contributed by atoms with Gasteiger partial charge in [-0.05, 0) is 48.7 Å². The van der Waals surface area contributed by atoms with E-state index >= 15 is 0 Å². The molecule has 0 unspecified atom stereocenters. The molecule has 2 aromatic rings. The summed E-state index contributed by atoms with van der Waals surface area (Å²) in [6, 6.07) is 16.0. The first-order valence-electron chi connectivity index (χ1n) is 12.1. The molecule has 0 spiro atoms. The molecule has 1 atom stereocenters. The average molecular weight is 502 g/mol. The molecule has 1 saturated heterocycles. The largest absolute Gasteiger partial charge is 0.489 e. The monoisotopic (exact) mass is 501 g/mol. The van der Waals surface area contributed by atoms with Crippen LogP contribution in [-0.2, 0) is 33.3 Å². The number of carbonyl (C=O) groups excluding carboxylic acids is 1. The van der Waals surface area contributed by atoms with E-state index in [1.165, 1.54) is 10.6 Å². The normalized spacial score (nSPS) is 16.4. The zero-order chi connectivity index (χ0) is 25.8. The van der Waals surface area contributed by atoms with E-state index in [2.05, 4.69) is 26.8 Å². The molecule has 2 aromatic carbocycles. The van der Waals surface area contributed by atoms with Crippen LogP contribution in [-0.4, -0.2) is 81.0 Å². The number of carbonyl (C=O) groups is 1. The van der Waals surface area contributed by atoms with E-state index in [1.54, 1.807) is 4.90 Å². The molecule has 0 radical (unpaired) electrons. The van der Waals surface area contributed by atoms with E-state index in [4.69, 9.17) is 4.74 Å². The molecule has 0 aliphatic carbocycles. The van der Waals surface area contributed by atoms with Crippen LogP contribution in [0.4, 0.5) is 0 Å². The molecule has 1 aliphatic heterocycles. The Balaban J connectivity index is 1.75. The van der Waals surface area contributed by atoms with Gasteiger partial charge in [-0.15, -0.1) is 0 Å². The Kier molecular flexibility index (Phi) is 8.62. The molecule has 7 nitrogen and oxygen atoms in total. The van der Waals surface area contributed by atoms with Crippen LogP contribution in [0, 0.1) is 0 Å². The number of hydrogen-bond donors (Lipinski definition) is 0. The number of sulfonamides is 1. The van der Waals surface area contributed by atoms with E-state index in [-0.39, 0.29) is 17.4 Å². The van der Waals surface area contributed by atoms with Crippen LogP contribution < -0.4 is 4.74 Å². The quantitative estimate of drug-likeness (QED) is 0.556. The highest BCUT2D eigenvalue weighted by Crippen LogP contribution is 2.33. The van der Waals surface area contributed by atoms with E-state index in [0.29, 0.717) is 39.2 Å². The standard InChI is InChI=1S/C27H39N3O4S/c1-27(2,3)23-18-22(12-13-25(23)34-20-21-10-8-7-9-11-21)19-24(28(4)5)26(31)29-14-16-30(17-15-29)35(6,32)33/h7-13,18,24H,14-17,19-20H2,1-6H3/t24-/m0/s1. The van der Waals surface area contributed by atoms with Crippen molar-refractivity contribution in [3.63, 3.8) is 0 Å². The molecular weight excluding hydrogens is 462 g/mol. The second-order valence-corrected chi connectivity index (χ2v) is 12.5. The predicted octanol–water partition coefficient (Wildman–Crippen LogP) is 3.14. The van der Waals surface area contributed by atoms with Gasteiger partial charge in [0.2, 0.25) is 15.9 Å². The number of amides is 1. The highest BCUT2D eigenvalue weighted by Gasteiger charge is 2.31. The third-order valence-electron chi connectivity index (χ3n) is 6.45. The van der Waals surface area contributed by atoms with Gasteiger partial charge in [0.05, 0.1) is 12.3 Å². The maximum atomic E-state index is 13.4. The van der Waals surface area contributed by atoms with Crippen molar-refractivity contribution < 1.29 is 17.9 Å². The lowest BCUT2D eigenvalue weighted by Gasteiger charge is -2.36. The van der Waals surface area contributed by atoms with Gasteiger partial charge in [-0.1, -0.05) is 63.2 Å². The Morgan fingerprint density at radius 3 is 2.17 bits per heavy atom. The van der Waals surface area contributed by atoms with Crippen LogP contribution >= 0.6 is 0 Å². The summed E-state index contributed by atoms with van der Waals surface area (Å²) >= 11 is 0. The van der Waals surface area contributed by atoms with Crippen LogP contribution in [0.25, 0.3) is 0 Å². The van der Waals surface area contributed by atoms with E-state index in [0.717, 1.165) is 22.4 Å². The number of piperazine rings is 1. The minimum absolute atomic E-state index is 0.0323. The van der Waals surface area contributed by atoms with Gasteiger partial charge in [-0.3, -0.25) is 9.69 Å². The molecule has 1 heterocycles. The van der Waals surface area contributed by atoms with Gasteiger partial charge in [0.15, 0.2) is 0 Å². The fourth-order valence-electron chi connectivity index (χ4n) is 4.32. The van der Waals surface area contributed by atoms with Gasteiger partial charge in [-0.2, -0.15) is 4.31 Å². The van der Waals surface area contributed by atoms with Crippen molar-refractivity contribution in [1.82, 2.24) is 14.1 Å². The Morgan fingerprint density at radius 1 is 1.00 bits per heavy atom. The zero-order valence-electron chi connectivity index (χ0n) is 21.8. The fourth-order valence-corrected chi connectivity index (χ4v) is 5.14. The lowest BCUT2D eigenvalue weighted by molar-refractivity contribution is -0.137. The van der Waals surface area contributed by atoms with Gasteiger partial charge >= 0.3 is 0 Å². The Morgan fingerprint density at radius 2 is 1.63 bits per heavy atom. The molecular formula is C27H39N3O4S. The van der Waals surface area contributed by atoms with Crippen molar-refractivity contribution in [2.24, 2.45) is 0 Å². The van der Waals surface area contributed by atoms with Gasteiger partial charge in [-0.25, -0.2) is 8.42 Å². The van der Waals surface area contributed by atoms with Crippen molar-refractivity contribution in [3.05, 3.63) is 65.2 Å². The summed E-state index contributed by atoms with van der Waals surface area (Å²) < 4.78 is 31.3. The van der Waals surface area contributed by atoms with Gasteiger partial charge in [0, 0.05) is 26.2 Å². The second kappa shape index (κ2) is 11.1. The topological polar surface area (TPSA) is 70.2 Å². The SMILES string of the molecule is CN(C)[C@@H](Cc1ccc(OCc2ccccc2)c(C(C)(C)C)c1)C(=O)N1CCN(S(C)(=O)=O)CC1. The minimum Gasteiger partial charge on any atom is -0.489 e. The number of hydrogen-bond acceptors (Lipinski definition) is 5. The number of benzene rings is 2. The summed E-state index contributed by atoms with van der Waals surface area (Å²) in [5, 5.41) is 0. The zero-order valence-corrected chi connectivity index (χ0v) is 22.6. The fraction of sp³-hybridized carbons (Fsp3) is 0.519. The first-order chi connectivity index (χ1) is 16.4. The first-order valence-corrected chi connectivity index (χ1v) is 13.9. The average Bonchev–Trinajstić information content (AvgIpc) is 2.80. The maximum absolute atomic E-state index is 13.4. The Bertz CT molecular complexity index is 1100. The molecule has 0 aromatic heterocycles. The van der Waals surface area contributed by atoms with E-state index < -0.39 is 10.0 Å². The molecule has 0 N–H and O–H groups in total. The lowest BCUT2D eigenvalue weighted by Crippen LogP contribution is -2.55. The summed E-state index contributed by atoms with van der Waals surface area (Å²) in [5.74, 6) is 0.889. The predicted molar refractivity (Wildman–Crippen MR) is 140 cm³/mol. The highest BCUT2D eigenvalue weighted by atomic mass is 32.2. The smallest absolute Gasteiger partial charge is 0.240 e. The third kappa shape index (κ3) is 7.29. The van der Waals surface area contributed by atoms with E-state index in [1.807, 2.05) is 61.5 Å². The summed E-state index contributed by atoms with van der Waals surface area (Å²) in [6.45, 7) is 8.50. The lowest BCUT2D eigenvalue weighted by atomic mass is 9.84. The molecule has 1 amide bonds. The van der Waals surface area contributed by atoms with Crippen LogP contribution in [0.1, 0.15) is 37.5 Å². The summed E-state index contributed by atoms with van der Waals surface area (Å²) in [6.07, 6.45) is 1.79. The molecule has 0 saturated carbocycles. The Hall–Kier alpha value is -2.42. The molecule has 35 heavy (non-hydrogen) atoms. The molecule has 1 aliphatic rings. The second-order valence-electron chi connectivity index (χ2n) is 10.5. The molecule has 192 valence electrons. The summed E-state index contributed by atoms with van der Waals surface area (Å²) in [4.78, 5) is 17.1. The van der Waals surface area contributed by atoms with Crippen molar-refractivity contribution in [2.75, 3.05) is 46.5 Å². The van der Waals surface area contributed by atoms with Gasteiger partial charge in [0.1, 0.15) is 12.4 Å². The van der Waals surface area contributed by atoms with Crippen molar-refractivity contribution in [3.8, 4) is 5.75 Å². The van der Waals surface area contributed by atoms with Crippen molar-refractivity contribution >= 4 is 15.9 Å². The first kappa shape index (κ1) is 27.2. The maximum Gasteiger partial charge on any atom is 0.240 e. The summed E-state index contributed by atoms with van der Waals surface area (Å²) in [7, 11) is 0.595. The number of rotatable bonds is 8. The number of ether oxygens (including phenoxy) is 1. The van der Waals surface area contributed by atoms with Crippen molar-refractivity contribution in [2.45, 2.75) is 45.3 Å². The van der Waals surface area contributed by atoms with Crippen molar-refractivity contribution in [1.29, 1.82) is 0 Å². The molecule has 1 fully saturated rings. The number of likely N-dealkylation sites (N-methyl/N-ethyl adjacent to an activating group) is 1. The van der Waals surface area contributed by atoms with Crippen LogP contribution in [0.5, 0.6) is 5.75 Å².